The Labute approximate surface area is 179 Å². The van der Waals surface area contributed by atoms with E-state index in [0.717, 1.165) is 18.4 Å². The van der Waals surface area contributed by atoms with Crippen LogP contribution in [0, 0.1) is 0 Å². The van der Waals surface area contributed by atoms with Crippen molar-refractivity contribution >= 4 is 0 Å². The summed E-state index contributed by atoms with van der Waals surface area (Å²) in [5, 5.41) is 0. The highest BCUT2D eigenvalue weighted by Crippen LogP contribution is 2.35. The van der Waals surface area contributed by atoms with Gasteiger partial charge in [-0.1, -0.05) is 60.7 Å². The smallest absolute Gasteiger partial charge is 0.184 e. The lowest BCUT2D eigenvalue weighted by molar-refractivity contribution is -0.287. The lowest BCUT2D eigenvalue weighted by atomic mass is 9.98. The molecule has 2 unspecified atom stereocenters. The molecule has 5 nitrogen and oxygen atoms in total. The largest absolute Gasteiger partial charge is 0.376 e. The molecule has 2 heterocycles. The molecule has 0 saturated carbocycles. The van der Waals surface area contributed by atoms with Gasteiger partial charge in [0.05, 0.1) is 24.9 Å². The molecule has 2 saturated heterocycles. The van der Waals surface area contributed by atoms with Crippen LogP contribution in [0.4, 0.5) is 0 Å². The summed E-state index contributed by atoms with van der Waals surface area (Å²) in [6.07, 6.45) is 0.482. The van der Waals surface area contributed by atoms with Crippen molar-refractivity contribution in [3.8, 4) is 0 Å². The summed E-state index contributed by atoms with van der Waals surface area (Å²) in [6.45, 7) is 5.77. The van der Waals surface area contributed by atoms with E-state index >= 15 is 0 Å². The van der Waals surface area contributed by atoms with Gasteiger partial charge >= 0.3 is 0 Å². The van der Waals surface area contributed by atoms with Gasteiger partial charge in [-0.05, 0) is 19.4 Å². The molecule has 2 aromatic carbocycles. The van der Waals surface area contributed by atoms with Gasteiger partial charge in [-0.25, -0.2) is 0 Å². The first-order valence-corrected chi connectivity index (χ1v) is 11.0. The first-order valence-electron chi connectivity index (χ1n) is 11.0. The normalized spacial score (nSPS) is 31.7. The van der Waals surface area contributed by atoms with E-state index in [4.69, 9.17) is 23.7 Å². The maximum absolute atomic E-state index is 6.59. The molecule has 0 N–H and O–H groups in total. The van der Waals surface area contributed by atoms with Crippen molar-refractivity contribution < 1.29 is 23.7 Å². The Morgan fingerprint density at radius 3 is 2.20 bits per heavy atom. The number of ether oxygens (including phenoxy) is 5. The zero-order chi connectivity index (χ0) is 20.8. The monoisotopic (exact) mass is 412 g/mol. The average Bonchev–Trinajstić information content (AvgIpc) is 2.92. The molecule has 162 valence electrons. The van der Waals surface area contributed by atoms with Gasteiger partial charge in [0.2, 0.25) is 0 Å². The molecule has 0 spiro atoms. The van der Waals surface area contributed by atoms with Gasteiger partial charge in [-0.3, -0.25) is 0 Å². The van der Waals surface area contributed by atoms with E-state index < -0.39 is 6.29 Å². The van der Waals surface area contributed by atoms with Crippen LogP contribution < -0.4 is 0 Å². The summed E-state index contributed by atoms with van der Waals surface area (Å²) < 4.78 is 31.4. The molecule has 0 radical (unpaired) electrons. The van der Waals surface area contributed by atoms with Gasteiger partial charge in [-0.2, -0.15) is 0 Å². The lowest BCUT2D eigenvalue weighted by Crippen LogP contribution is -2.48. The zero-order valence-electron chi connectivity index (χ0n) is 17.8. The fourth-order valence-electron chi connectivity index (χ4n) is 4.39. The quantitative estimate of drug-likeness (QED) is 0.678. The maximum atomic E-state index is 6.59. The van der Waals surface area contributed by atoms with Gasteiger partial charge in [0, 0.05) is 31.6 Å². The number of fused-ring (bicyclic) bond motifs is 1. The van der Waals surface area contributed by atoms with Crippen molar-refractivity contribution in [1.82, 2.24) is 0 Å². The number of rotatable bonds is 7. The highest BCUT2D eigenvalue weighted by atomic mass is 16.7. The minimum atomic E-state index is -0.407. The molecule has 6 atom stereocenters. The standard InChI is InChI=1S/C25H32O5/c1-3-26-20-16-22(27-4-2)24-23(29-21(20)15-18-11-7-5-8-12-18)17-28-25(30-24)19-13-9-6-10-14-19/h5-14,20-25H,3-4,15-17H2,1-2H3/t20-,21?,22-,23?,24+,25-/m1/s1. The minimum Gasteiger partial charge on any atom is -0.376 e. The fourth-order valence-corrected chi connectivity index (χ4v) is 4.39. The van der Waals surface area contributed by atoms with Gasteiger partial charge in [0.1, 0.15) is 12.2 Å². The first kappa shape index (κ1) is 21.5. The summed E-state index contributed by atoms with van der Waals surface area (Å²) in [5.74, 6) is 0. The summed E-state index contributed by atoms with van der Waals surface area (Å²) in [4.78, 5) is 0. The molecule has 30 heavy (non-hydrogen) atoms. The SMILES string of the molecule is CCO[C@@H]1C[C@@H](OCC)[C@@H]2O[C@H](c3ccccc3)OCC2OC1Cc1ccccc1. The summed E-state index contributed by atoms with van der Waals surface area (Å²) in [6, 6.07) is 20.5. The molecule has 2 fully saturated rings. The molecule has 0 amide bonds. The van der Waals surface area contributed by atoms with Crippen LogP contribution in [0.1, 0.15) is 37.7 Å². The van der Waals surface area contributed by atoms with Crippen LogP contribution in [0.5, 0.6) is 0 Å². The topological polar surface area (TPSA) is 46.2 Å². The third-order valence-corrected chi connectivity index (χ3v) is 5.77. The second-order valence-corrected chi connectivity index (χ2v) is 7.80. The third-order valence-electron chi connectivity index (χ3n) is 5.77. The summed E-state index contributed by atoms with van der Waals surface area (Å²) in [5.41, 5.74) is 2.25. The zero-order valence-corrected chi connectivity index (χ0v) is 17.8. The van der Waals surface area contributed by atoms with Crippen LogP contribution in [0.25, 0.3) is 0 Å². The number of hydrogen-bond donors (Lipinski definition) is 0. The Hall–Kier alpha value is -1.76. The molecular formula is C25H32O5. The fraction of sp³-hybridized carbons (Fsp3) is 0.520. The van der Waals surface area contributed by atoms with Crippen molar-refractivity contribution in [2.75, 3.05) is 19.8 Å². The van der Waals surface area contributed by atoms with Crippen LogP contribution in [-0.4, -0.2) is 50.3 Å². The van der Waals surface area contributed by atoms with E-state index in [1.54, 1.807) is 0 Å². The van der Waals surface area contributed by atoms with E-state index in [1.165, 1.54) is 5.56 Å². The van der Waals surface area contributed by atoms with Gasteiger partial charge < -0.3 is 23.7 Å². The molecule has 0 aliphatic carbocycles. The molecule has 2 aliphatic rings. The predicted octanol–water partition coefficient (Wildman–Crippen LogP) is 4.31. The van der Waals surface area contributed by atoms with E-state index in [-0.39, 0.29) is 30.5 Å². The molecule has 2 aliphatic heterocycles. The Morgan fingerprint density at radius 2 is 1.50 bits per heavy atom. The van der Waals surface area contributed by atoms with Crippen molar-refractivity contribution in [2.45, 2.75) is 63.5 Å². The highest BCUT2D eigenvalue weighted by molar-refractivity contribution is 5.18. The van der Waals surface area contributed by atoms with Crippen LogP contribution in [-0.2, 0) is 30.1 Å². The molecule has 2 aromatic rings. The van der Waals surface area contributed by atoms with Crippen LogP contribution in [0.15, 0.2) is 60.7 Å². The maximum Gasteiger partial charge on any atom is 0.184 e. The van der Waals surface area contributed by atoms with Crippen molar-refractivity contribution in [3.63, 3.8) is 0 Å². The molecular weight excluding hydrogens is 380 g/mol. The Bertz CT molecular complexity index is 753. The van der Waals surface area contributed by atoms with Crippen molar-refractivity contribution in [2.24, 2.45) is 0 Å². The molecule has 5 heteroatoms. The first-order chi connectivity index (χ1) is 14.8. The third kappa shape index (κ3) is 5.10. The van der Waals surface area contributed by atoms with E-state index in [1.807, 2.05) is 50.2 Å². The van der Waals surface area contributed by atoms with Gasteiger partial charge in [0.15, 0.2) is 6.29 Å². The van der Waals surface area contributed by atoms with E-state index in [2.05, 4.69) is 24.3 Å². The molecule has 0 aromatic heterocycles. The number of benzene rings is 2. The molecule has 4 rings (SSSR count). The van der Waals surface area contributed by atoms with Crippen molar-refractivity contribution in [1.29, 1.82) is 0 Å². The van der Waals surface area contributed by atoms with Crippen LogP contribution in [0.2, 0.25) is 0 Å². The summed E-state index contributed by atoms with van der Waals surface area (Å²) >= 11 is 0. The predicted molar refractivity (Wildman–Crippen MR) is 114 cm³/mol. The second-order valence-electron chi connectivity index (χ2n) is 7.80. The van der Waals surface area contributed by atoms with Crippen molar-refractivity contribution in [3.05, 3.63) is 71.8 Å². The lowest BCUT2D eigenvalue weighted by Gasteiger charge is -2.39. The summed E-state index contributed by atoms with van der Waals surface area (Å²) in [7, 11) is 0. The van der Waals surface area contributed by atoms with Crippen LogP contribution in [0.3, 0.4) is 0 Å². The van der Waals surface area contributed by atoms with E-state index in [0.29, 0.717) is 19.8 Å². The number of hydrogen-bond acceptors (Lipinski definition) is 5. The van der Waals surface area contributed by atoms with Gasteiger partial charge in [-0.15, -0.1) is 0 Å². The Morgan fingerprint density at radius 1 is 0.833 bits per heavy atom. The minimum absolute atomic E-state index is 0.0591. The van der Waals surface area contributed by atoms with Crippen LogP contribution >= 0.6 is 0 Å². The van der Waals surface area contributed by atoms with E-state index in [9.17, 15) is 0 Å². The molecule has 0 bridgehead atoms. The Kier molecular flexibility index (Phi) is 7.52. The average molecular weight is 413 g/mol. The van der Waals surface area contributed by atoms with Gasteiger partial charge in [0.25, 0.3) is 0 Å². The second kappa shape index (κ2) is 10.5. The Balaban J connectivity index is 1.56. The highest BCUT2D eigenvalue weighted by Gasteiger charge is 2.45.